The minimum absolute atomic E-state index is 0.299. The molecule has 0 radical (unpaired) electrons. The van der Waals surface area contributed by atoms with Crippen LogP contribution in [0.3, 0.4) is 0 Å². The minimum atomic E-state index is -1.42. The summed E-state index contributed by atoms with van der Waals surface area (Å²) in [5, 5.41) is 18.7. The number of nitrogens with zero attached hydrogens (tertiary/aromatic N) is 2. The van der Waals surface area contributed by atoms with Crippen LogP contribution in [0.5, 0.6) is 5.75 Å². The molecule has 102 valence electrons. The van der Waals surface area contributed by atoms with Gasteiger partial charge in [-0.15, -0.1) is 0 Å². The third-order valence-electron chi connectivity index (χ3n) is 4.23. The van der Waals surface area contributed by atoms with Crippen LogP contribution in [0.2, 0.25) is 0 Å². The van der Waals surface area contributed by atoms with E-state index in [1.807, 2.05) is 0 Å². The largest absolute Gasteiger partial charge is 0.501 e. The average Bonchev–Trinajstić information content (AvgIpc) is 2.59. The number of hydrogen-bond acceptors (Lipinski definition) is 5. The fraction of sp³-hybridized carbons (Fsp3) is 0.583. The number of nitrogens with two attached hydrogens (primary N) is 1. The van der Waals surface area contributed by atoms with Crippen molar-refractivity contribution >= 4 is 5.97 Å². The number of aromatic carboxylic acids is 1. The smallest absolute Gasteiger partial charge is 0.358 e. The van der Waals surface area contributed by atoms with Crippen LogP contribution in [0.15, 0.2) is 4.79 Å². The van der Waals surface area contributed by atoms with Gasteiger partial charge >= 0.3 is 5.97 Å². The summed E-state index contributed by atoms with van der Waals surface area (Å²) in [6, 6.07) is 0. The molecule has 0 spiro atoms. The second-order valence-corrected chi connectivity index (χ2v) is 5.45. The maximum absolute atomic E-state index is 12.1. The van der Waals surface area contributed by atoms with Gasteiger partial charge in [0, 0.05) is 6.54 Å². The van der Waals surface area contributed by atoms with Gasteiger partial charge in [0.2, 0.25) is 5.75 Å². The molecule has 0 unspecified atom stereocenters. The normalized spacial score (nSPS) is 28.8. The Kier molecular flexibility index (Phi) is 2.43. The summed E-state index contributed by atoms with van der Waals surface area (Å²) in [6.07, 6.45) is 3.16. The van der Waals surface area contributed by atoms with Gasteiger partial charge in [0.25, 0.3) is 5.56 Å². The molecule has 4 N–H and O–H groups in total. The van der Waals surface area contributed by atoms with Crippen molar-refractivity contribution < 1.29 is 15.0 Å². The fourth-order valence-corrected chi connectivity index (χ4v) is 3.10. The van der Waals surface area contributed by atoms with Crippen molar-refractivity contribution in [1.82, 2.24) is 9.55 Å². The van der Waals surface area contributed by atoms with Gasteiger partial charge in [0.15, 0.2) is 5.69 Å². The van der Waals surface area contributed by atoms with E-state index < -0.39 is 28.5 Å². The topological polar surface area (TPSA) is 118 Å². The van der Waals surface area contributed by atoms with Gasteiger partial charge in [-0.1, -0.05) is 0 Å². The molecule has 3 aliphatic rings. The van der Waals surface area contributed by atoms with Crippen molar-refractivity contribution in [1.29, 1.82) is 0 Å². The number of hydrogen-bond donors (Lipinski definition) is 3. The molecule has 1 aliphatic carbocycles. The minimum Gasteiger partial charge on any atom is -0.501 e. The lowest BCUT2D eigenvalue weighted by atomic mass is 9.78. The molecule has 2 aliphatic heterocycles. The van der Waals surface area contributed by atoms with Crippen molar-refractivity contribution in [2.24, 2.45) is 11.7 Å². The zero-order chi connectivity index (χ0) is 13.8. The predicted molar refractivity (Wildman–Crippen MR) is 64.9 cm³/mol. The van der Waals surface area contributed by atoms with Crippen LogP contribution in [0.25, 0.3) is 0 Å². The molecule has 1 fully saturated rings. The van der Waals surface area contributed by atoms with Crippen molar-refractivity contribution in [3.8, 4) is 5.75 Å². The summed E-state index contributed by atoms with van der Waals surface area (Å²) in [4.78, 5) is 27.1. The van der Waals surface area contributed by atoms with Gasteiger partial charge in [-0.3, -0.25) is 9.36 Å². The predicted octanol–water partition coefficient (Wildman–Crippen LogP) is 0.00490. The molecule has 0 amide bonds. The molecule has 2 bridgehead atoms. The summed E-state index contributed by atoms with van der Waals surface area (Å²) in [5.41, 5.74) is 4.23. The van der Waals surface area contributed by atoms with Gasteiger partial charge in [0.05, 0.1) is 5.54 Å². The lowest BCUT2D eigenvalue weighted by Gasteiger charge is -2.32. The van der Waals surface area contributed by atoms with E-state index in [1.165, 1.54) is 4.57 Å². The molecule has 0 saturated heterocycles. The lowest BCUT2D eigenvalue weighted by molar-refractivity contribution is 0.0685. The molecular weight excluding hydrogens is 250 g/mol. The van der Waals surface area contributed by atoms with Crippen LogP contribution in [-0.4, -0.2) is 25.7 Å². The molecule has 3 heterocycles. The van der Waals surface area contributed by atoms with Gasteiger partial charge in [0.1, 0.15) is 5.82 Å². The Morgan fingerprint density at radius 1 is 1.42 bits per heavy atom. The summed E-state index contributed by atoms with van der Waals surface area (Å²) in [7, 11) is 0. The molecule has 0 aromatic carbocycles. The zero-order valence-electron chi connectivity index (χ0n) is 10.3. The molecule has 1 aromatic rings. The zero-order valence-corrected chi connectivity index (χ0v) is 10.3. The summed E-state index contributed by atoms with van der Waals surface area (Å²) < 4.78 is 1.35. The van der Waals surface area contributed by atoms with E-state index in [0.717, 1.165) is 12.8 Å². The highest BCUT2D eigenvalue weighted by molar-refractivity contribution is 5.88. The maximum Gasteiger partial charge on any atom is 0.358 e. The number of carbonyl (C=O) groups is 1. The number of fused-ring (bicyclic) bond motifs is 2. The Morgan fingerprint density at radius 3 is 2.63 bits per heavy atom. The van der Waals surface area contributed by atoms with E-state index in [0.29, 0.717) is 31.1 Å². The first-order valence-electron chi connectivity index (χ1n) is 6.29. The Balaban J connectivity index is 2.31. The van der Waals surface area contributed by atoms with Gasteiger partial charge < -0.3 is 15.9 Å². The summed E-state index contributed by atoms with van der Waals surface area (Å²) in [6.45, 7) is 0.452. The Bertz CT molecular complexity index is 614. The second-order valence-electron chi connectivity index (χ2n) is 5.45. The molecule has 19 heavy (non-hydrogen) atoms. The molecule has 1 aromatic heterocycles. The van der Waals surface area contributed by atoms with E-state index in [-0.39, 0.29) is 0 Å². The van der Waals surface area contributed by atoms with E-state index in [1.54, 1.807) is 0 Å². The van der Waals surface area contributed by atoms with Crippen molar-refractivity contribution in [3.63, 3.8) is 0 Å². The molecule has 1 saturated carbocycles. The first kappa shape index (κ1) is 12.2. The Hall–Kier alpha value is -1.89. The van der Waals surface area contributed by atoms with E-state index in [2.05, 4.69) is 4.98 Å². The van der Waals surface area contributed by atoms with E-state index in [9.17, 15) is 14.7 Å². The van der Waals surface area contributed by atoms with Crippen LogP contribution in [-0.2, 0) is 12.1 Å². The first-order valence-corrected chi connectivity index (χ1v) is 6.29. The number of aromatic nitrogens is 2. The number of rotatable bonds is 1. The number of carboxylic acid groups (broad SMARTS) is 1. The summed E-state index contributed by atoms with van der Waals surface area (Å²) >= 11 is 0. The first-order chi connectivity index (χ1) is 8.92. The van der Waals surface area contributed by atoms with E-state index in [4.69, 9.17) is 10.8 Å². The standard InChI is InChI=1S/C12H15N3O4/c13-12-3-1-6(2-4-12)5-15-9(17)8(16)7(10(18)19)14-11(12)15/h6,16H,1-5,13H2,(H,18,19). The molecule has 7 nitrogen and oxygen atoms in total. The lowest BCUT2D eigenvalue weighted by Crippen LogP contribution is -2.42. The van der Waals surface area contributed by atoms with Crippen LogP contribution >= 0.6 is 0 Å². The second kappa shape index (κ2) is 3.80. The Morgan fingerprint density at radius 2 is 2.05 bits per heavy atom. The van der Waals surface area contributed by atoms with Crippen LogP contribution in [0.1, 0.15) is 42.0 Å². The van der Waals surface area contributed by atoms with Crippen LogP contribution in [0, 0.1) is 5.92 Å². The highest BCUT2D eigenvalue weighted by Gasteiger charge is 2.42. The molecule has 0 atom stereocenters. The molecular formula is C12H15N3O4. The number of carboxylic acids is 1. The van der Waals surface area contributed by atoms with Crippen LogP contribution in [0.4, 0.5) is 0 Å². The van der Waals surface area contributed by atoms with Crippen molar-refractivity contribution in [2.45, 2.75) is 37.8 Å². The van der Waals surface area contributed by atoms with Crippen molar-refractivity contribution in [2.75, 3.05) is 0 Å². The quantitative estimate of drug-likeness (QED) is 0.658. The summed E-state index contributed by atoms with van der Waals surface area (Å²) in [5.74, 6) is -1.58. The van der Waals surface area contributed by atoms with Crippen molar-refractivity contribution in [3.05, 3.63) is 21.9 Å². The molecule has 7 heteroatoms. The van der Waals surface area contributed by atoms with Gasteiger partial charge in [-0.05, 0) is 31.6 Å². The van der Waals surface area contributed by atoms with Crippen LogP contribution < -0.4 is 11.3 Å². The highest BCUT2D eigenvalue weighted by atomic mass is 16.4. The average molecular weight is 265 g/mol. The number of aromatic hydroxyl groups is 1. The van der Waals surface area contributed by atoms with Gasteiger partial charge in [-0.25, -0.2) is 9.78 Å². The van der Waals surface area contributed by atoms with E-state index >= 15 is 0 Å². The molecule has 4 rings (SSSR count). The fourth-order valence-electron chi connectivity index (χ4n) is 3.10. The SMILES string of the molecule is NC12CCC(CC1)Cn1c2nc(C(=O)O)c(O)c1=O. The third kappa shape index (κ3) is 1.65. The highest BCUT2D eigenvalue weighted by Crippen LogP contribution is 2.40. The Labute approximate surface area is 108 Å². The third-order valence-corrected chi connectivity index (χ3v) is 4.23. The van der Waals surface area contributed by atoms with Gasteiger partial charge in [-0.2, -0.15) is 0 Å². The maximum atomic E-state index is 12.1. The monoisotopic (exact) mass is 265 g/mol.